The minimum atomic E-state index is -0.0561. The highest BCUT2D eigenvalue weighted by atomic mass is 16.5. The maximum absolute atomic E-state index is 15.2. The normalized spacial score (nSPS) is 12.8. The summed E-state index contributed by atoms with van der Waals surface area (Å²) in [5.41, 5.74) is 11.9. The Morgan fingerprint density at radius 2 is 0.632 bits per heavy atom. The van der Waals surface area contributed by atoms with Gasteiger partial charge in [0.25, 0.3) is 0 Å². The first-order chi connectivity index (χ1) is 33.6. The molecule has 0 spiro atoms. The summed E-state index contributed by atoms with van der Waals surface area (Å²) in [6, 6.07) is 69.2. The average Bonchev–Trinajstić information content (AvgIpc) is 3.71. The molecule has 8 aromatic carbocycles. The first-order valence-corrected chi connectivity index (χ1v) is 22.6. The van der Waals surface area contributed by atoms with Crippen molar-refractivity contribution < 1.29 is 14.3 Å². The molecule has 3 nitrogen and oxygen atoms in total. The largest absolute Gasteiger partial charge is 0.457 e. The minimum absolute atomic E-state index is 0.0561. The molecule has 0 unspecified atom stereocenters. The van der Waals surface area contributed by atoms with Crippen molar-refractivity contribution in [3.63, 3.8) is 0 Å². The first-order valence-electron chi connectivity index (χ1n) is 22.6. The van der Waals surface area contributed by atoms with Gasteiger partial charge >= 0.3 is 0 Å². The van der Waals surface area contributed by atoms with Crippen LogP contribution in [0, 0.1) is 35.5 Å². The molecule has 0 aromatic heterocycles. The fraction of sp³-hybridized carbons (Fsp3) is 0.0308. The van der Waals surface area contributed by atoms with Crippen LogP contribution in [0.3, 0.4) is 0 Å². The lowest BCUT2D eigenvalue weighted by molar-refractivity contribution is -0.108. The fourth-order valence-corrected chi connectivity index (χ4v) is 8.10. The van der Waals surface area contributed by atoms with Crippen LogP contribution in [0.2, 0.25) is 0 Å². The van der Waals surface area contributed by atoms with E-state index in [2.05, 4.69) is 53.8 Å². The molecule has 0 saturated heterocycles. The molecule has 0 N–H and O–H groups in total. The topological polar surface area (TPSA) is 35.5 Å². The van der Waals surface area contributed by atoms with Gasteiger partial charge in [-0.15, -0.1) is 0 Å². The van der Waals surface area contributed by atoms with Crippen molar-refractivity contribution in [2.75, 3.05) is 0 Å². The standard InChI is InChI=1S/C65H42O3/c66-65-63(53-19-11-4-12-20-53)61(54-35-43-59(44-36-54)67-57-39-29-51(30-40-57)25-22-48-15-7-2-8-16-48)62(64(65)56-33-27-50(28-34-56)24-21-47-13-5-1-6-14-47)55-37-45-60(46-38-55)68-58-41-31-52(32-42-58)26-23-49-17-9-3-10-18-49/h1,3-7,9-20,27-46H,2,8H2. The van der Waals surface area contributed by atoms with Crippen molar-refractivity contribution in [3.05, 3.63) is 286 Å². The first kappa shape index (κ1) is 42.6. The summed E-state index contributed by atoms with van der Waals surface area (Å²) >= 11 is 0. The van der Waals surface area contributed by atoms with Crippen molar-refractivity contribution in [2.45, 2.75) is 12.8 Å². The summed E-state index contributed by atoms with van der Waals surface area (Å²) in [4.78, 5) is 15.2. The predicted octanol–water partition coefficient (Wildman–Crippen LogP) is 14.8. The van der Waals surface area contributed by atoms with Crippen LogP contribution in [0.15, 0.2) is 236 Å². The molecule has 0 aliphatic heterocycles. The molecular formula is C65H42O3. The maximum Gasteiger partial charge on any atom is 0.195 e. The van der Waals surface area contributed by atoms with E-state index in [-0.39, 0.29) is 5.78 Å². The smallest absolute Gasteiger partial charge is 0.195 e. The van der Waals surface area contributed by atoms with Crippen molar-refractivity contribution in [1.82, 2.24) is 0 Å². The molecule has 0 radical (unpaired) electrons. The number of allylic oxidation sites excluding steroid dienone is 8. The number of rotatable bonds is 8. The molecule has 0 amide bonds. The highest BCUT2D eigenvalue weighted by Gasteiger charge is 2.35. The molecule has 0 atom stereocenters. The van der Waals surface area contributed by atoms with Gasteiger partial charge in [-0.2, -0.15) is 0 Å². The van der Waals surface area contributed by atoms with Crippen LogP contribution in [0.25, 0.3) is 22.3 Å². The van der Waals surface area contributed by atoms with Crippen molar-refractivity contribution in [1.29, 1.82) is 0 Å². The Bertz CT molecular complexity index is 3430. The van der Waals surface area contributed by atoms with Gasteiger partial charge in [0.05, 0.1) is 0 Å². The summed E-state index contributed by atoms with van der Waals surface area (Å²) in [6.45, 7) is 0. The van der Waals surface area contributed by atoms with Gasteiger partial charge in [-0.25, -0.2) is 0 Å². The van der Waals surface area contributed by atoms with Gasteiger partial charge in [0, 0.05) is 55.7 Å². The molecule has 0 fully saturated rings. The van der Waals surface area contributed by atoms with Crippen LogP contribution in [-0.2, 0) is 4.79 Å². The Labute approximate surface area is 398 Å². The Morgan fingerprint density at radius 1 is 0.309 bits per heavy atom. The van der Waals surface area contributed by atoms with Gasteiger partial charge in [-0.05, 0) is 144 Å². The number of ketones is 1. The van der Waals surface area contributed by atoms with E-state index < -0.39 is 0 Å². The molecular weight excluding hydrogens is 829 g/mol. The third-order valence-electron chi connectivity index (χ3n) is 11.5. The predicted molar refractivity (Wildman–Crippen MR) is 276 cm³/mol. The lowest BCUT2D eigenvalue weighted by Crippen LogP contribution is -2.02. The number of Topliss-reactive ketones (excluding diaryl/α,β-unsaturated/α-hetero) is 1. The van der Waals surface area contributed by atoms with Gasteiger partial charge in [-0.1, -0.05) is 157 Å². The van der Waals surface area contributed by atoms with Crippen molar-refractivity contribution in [3.8, 4) is 58.5 Å². The maximum atomic E-state index is 15.2. The second-order valence-corrected chi connectivity index (χ2v) is 16.2. The number of carbonyl (C=O) groups excluding carboxylic acids is 1. The molecule has 0 saturated carbocycles. The van der Waals surface area contributed by atoms with Gasteiger partial charge < -0.3 is 9.47 Å². The van der Waals surface area contributed by atoms with E-state index in [1.807, 2.05) is 212 Å². The van der Waals surface area contributed by atoms with Crippen LogP contribution >= 0.6 is 0 Å². The van der Waals surface area contributed by atoms with Crippen LogP contribution in [-0.4, -0.2) is 5.78 Å². The highest BCUT2D eigenvalue weighted by Crippen LogP contribution is 2.50. The molecule has 2 aliphatic carbocycles. The molecule has 320 valence electrons. The quantitative estimate of drug-likeness (QED) is 0.143. The number of carbonyl (C=O) groups is 1. The third-order valence-corrected chi connectivity index (χ3v) is 11.5. The summed E-state index contributed by atoms with van der Waals surface area (Å²) in [6.07, 6.45) is 8.50. The lowest BCUT2D eigenvalue weighted by Gasteiger charge is -2.15. The van der Waals surface area contributed by atoms with Gasteiger partial charge in [-0.3, -0.25) is 4.79 Å². The van der Waals surface area contributed by atoms with Crippen LogP contribution in [0.4, 0.5) is 0 Å². The highest BCUT2D eigenvalue weighted by molar-refractivity contribution is 6.59. The number of ether oxygens (including phenoxy) is 2. The van der Waals surface area contributed by atoms with Crippen LogP contribution in [0.5, 0.6) is 23.0 Å². The zero-order valence-corrected chi connectivity index (χ0v) is 37.1. The van der Waals surface area contributed by atoms with Gasteiger partial charge in [0.1, 0.15) is 23.0 Å². The average molecular weight is 871 g/mol. The minimum Gasteiger partial charge on any atom is -0.457 e. The Morgan fingerprint density at radius 3 is 1.04 bits per heavy atom. The Balaban J connectivity index is 0.987. The zero-order chi connectivity index (χ0) is 45.9. The second kappa shape index (κ2) is 20.2. The summed E-state index contributed by atoms with van der Waals surface area (Å²) in [7, 11) is 0. The van der Waals surface area contributed by atoms with E-state index in [4.69, 9.17) is 9.47 Å². The number of hydrogen-bond donors (Lipinski definition) is 0. The molecule has 68 heavy (non-hydrogen) atoms. The van der Waals surface area contributed by atoms with Crippen molar-refractivity contribution >= 4 is 28.1 Å². The van der Waals surface area contributed by atoms with Gasteiger partial charge in [0.2, 0.25) is 0 Å². The summed E-state index contributed by atoms with van der Waals surface area (Å²) < 4.78 is 12.7. The zero-order valence-electron chi connectivity index (χ0n) is 37.1. The molecule has 2 aliphatic rings. The van der Waals surface area contributed by atoms with Crippen LogP contribution in [0.1, 0.15) is 62.9 Å². The van der Waals surface area contributed by atoms with E-state index in [0.717, 1.165) is 79.6 Å². The molecule has 0 bridgehead atoms. The van der Waals surface area contributed by atoms with Gasteiger partial charge in [0.15, 0.2) is 5.78 Å². The van der Waals surface area contributed by atoms with E-state index in [1.54, 1.807) is 0 Å². The van der Waals surface area contributed by atoms with E-state index in [9.17, 15) is 0 Å². The SMILES string of the molecule is O=C1C(c2ccccc2)=C(c2ccc(Oc3ccc(C#CC4=CCCC=C4)cc3)cc2)C(c2ccc(Oc3ccc(C#Cc4ccccc4)cc3)cc2)=C1c1ccc(C#Cc2ccccc2)cc1. The van der Waals surface area contributed by atoms with E-state index >= 15 is 4.79 Å². The monoisotopic (exact) mass is 870 g/mol. The second-order valence-electron chi connectivity index (χ2n) is 16.2. The summed E-state index contributed by atoms with van der Waals surface area (Å²) in [5.74, 6) is 22.2. The molecule has 0 heterocycles. The molecule has 10 rings (SSSR count). The van der Waals surface area contributed by atoms with E-state index in [1.165, 1.54) is 0 Å². The molecule has 3 heteroatoms. The number of hydrogen-bond acceptors (Lipinski definition) is 3. The number of benzene rings is 8. The van der Waals surface area contributed by atoms with Crippen LogP contribution < -0.4 is 9.47 Å². The van der Waals surface area contributed by atoms with E-state index in [0.29, 0.717) is 34.1 Å². The third kappa shape index (κ3) is 10.1. The molecule has 8 aromatic rings. The fourth-order valence-electron chi connectivity index (χ4n) is 8.10. The van der Waals surface area contributed by atoms with Crippen molar-refractivity contribution in [2.24, 2.45) is 0 Å². The Kier molecular flexibility index (Phi) is 12.7. The Hall–Kier alpha value is -9.33. The lowest BCUT2D eigenvalue weighted by atomic mass is 9.89. The summed E-state index contributed by atoms with van der Waals surface area (Å²) in [5, 5.41) is 0.